The molecular formula is C14H12F2N2O2. The second-order valence-corrected chi connectivity index (χ2v) is 4.16. The molecule has 1 amide bonds. The molecule has 2 aromatic rings. The van der Waals surface area contributed by atoms with E-state index in [9.17, 15) is 13.6 Å². The van der Waals surface area contributed by atoms with E-state index in [0.717, 1.165) is 23.8 Å². The average Bonchev–Trinajstić information content (AvgIpc) is 2.38. The van der Waals surface area contributed by atoms with Crippen molar-refractivity contribution < 1.29 is 18.3 Å². The van der Waals surface area contributed by atoms with Crippen LogP contribution in [0.15, 0.2) is 36.5 Å². The monoisotopic (exact) mass is 278 g/mol. The summed E-state index contributed by atoms with van der Waals surface area (Å²) in [6, 6.07) is 6.17. The van der Waals surface area contributed by atoms with E-state index in [2.05, 4.69) is 10.3 Å². The summed E-state index contributed by atoms with van der Waals surface area (Å²) in [6.45, 7) is 1.51. The van der Waals surface area contributed by atoms with E-state index in [4.69, 9.17) is 4.74 Å². The van der Waals surface area contributed by atoms with Gasteiger partial charge in [-0.05, 0) is 18.6 Å². The third-order valence-electron chi connectivity index (χ3n) is 2.38. The summed E-state index contributed by atoms with van der Waals surface area (Å²) < 4.78 is 30.8. The van der Waals surface area contributed by atoms with Crippen LogP contribution in [0.2, 0.25) is 0 Å². The molecule has 0 aliphatic rings. The second-order valence-electron chi connectivity index (χ2n) is 4.16. The average molecular weight is 278 g/mol. The van der Waals surface area contributed by atoms with E-state index in [-0.39, 0.29) is 12.4 Å². The maximum absolute atomic E-state index is 12.9. The Morgan fingerprint density at radius 2 is 1.95 bits per heavy atom. The van der Waals surface area contributed by atoms with Crippen LogP contribution in [-0.2, 0) is 4.79 Å². The Balaban J connectivity index is 1.90. The molecule has 0 atom stereocenters. The number of carbonyl (C=O) groups excluding carboxylic acids is 1. The highest BCUT2D eigenvalue weighted by molar-refractivity contribution is 5.90. The van der Waals surface area contributed by atoms with Crippen molar-refractivity contribution in [2.75, 3.05) is 11.9 Å². The number of rotatable bonds is 4. The Morgan fingerprint density at radius 1 is 1.25 bits per heavy atom. The van der Waals surface area contributed by atoms with Gasteiger partial charge >= 0.3 is 0 Å². The molecule has 0 radical (unpaired) electrons. The normalized spacial score (nSPS) is 10.2. The lowest BCUT2D eigenvalue weighted by atomic mass is 10.3. The van der Waals surface area contributed by atoms with Gasteiger partial charge in [-0.3, -0.25) is 4.79 Å². The van der Waals surface area contributed by atoms with Crippen LogP contribution in [0.4, 0.5) is 14.6 Å². The number of hydrogen-bond donors (Lipinski definition) is 1. The summed E-state index contributed by atoms with van der Waals surface area (Å²) in [4.78, 5) is 15.6. The molecular weight excluding hydrogens is 266 g/mol. The lowest BCUT2D eigenvalue weighted by molar-refractivity contribution is -0.118. The molecule has 0 aliphatic heterocycles. The molecule has 0 saturated carbocycles. The first-order valence-corrected chi connectivity index (χ1v) is 5.84. The SMILES string of the molecule is Cc1ccc(NC(=O)COc2cc(F)cc(F)c2)nc1. The van der Waals surface area contributed by atoms with Gasteiger partial charge in [0.2, 0.25) is 0 Å². The molecule has 0 unspecified atom stereocenters. The van der Waals surface area contributed by atoms with Gasteiger partial charge in [-0.25, -0.2) is 13.8 Å². The Morgan fingerprint density at radius 3 is 2.55 bits per heavy atom. The van der Waals surface area contributed by atoms with Crippen molar-refractivity contribution in [1.82, 2.24) is 4.98 Å². The number of halogens is 2. The van der Waals surface area contributed by atoms with Gasteiger partial charge in [-0.15, -0.1) is 0 Å². The van der Waals surface area contributed by atoms with Crippen LogP contribution in [-0.4, -0.2) is 17.5 Å². The molecule has 6 heteroatoms. The quantitative estimate of drug-likeness (QED) is 0.935. The van der Waals surface area contributed by atoms with Crippen molar-refractivity contribution in [3.8, 4) is 5.75 Å². The highest BCUT2D eigenvalue weighted by Gasteiger charge is 2.06. The van der Waals surface area contributed by atoms with E-state index in [0.29, 0.717) is 5.82 Å². The zero-order valence-corrected chi connectivity index (χ0v) is 10.7. The summed E-state index contributed by atoms with van der Waals surface area (Å²) in [6.07, 6.45) is 1.61. The number of ether oxygens (including phenoxy) is 1. The van der Waals surface area contributed by atoms with E-state index < -0.39 is 17.5 Å². The minimum absolute atomic E-state index is 0.0467. The van der Waals surface area contributed by atoms with Crippen LogP contribution < -0.4 is 10.1 Å². The number of aromatic nitrogens is 1. The predicted octanol–water partition coefficient (Wildman–Crippen LogP) is 2.69. The largest absolute Gasteiger partial charge is 0.484 e. The highest BCUT2D eigenvalue weighted by atomic mass is 19.1. The molecule has 0 aliphatic carbocycles. The van der Waals surface area contributed by atoms with Crippen LogP contribution in [0.1, 0.15) is 5.56 Å². The van der Waals surface area contributed by atoms with Gasteiger partial charge in [0.15, 0.2) is 6.61 Å². The number of hydrogen-bond acceptors (Lipinski definition) is 3. The van der Waals surface area contributed by atoms with Crippen LogP contribution in [0.3, 0.4) is 0 Å². The number of aryl methyl sites for hydroxylation is 1. The first kappa shape index (κ1) is 13.9. The molecule has 0 bridgehead atoms. The van der Waals surface area contributed by atoms with Crippen LogP contribution in [0.5, 0.6) is 5.75 Å². The van der Waals surface area contributed by atoms with Crippen LogP contribution in [0, 0.1) is 18.6 Å². The molecule has 1 N–H and O–H groups in total. The van der Waals surface area contributed by atoms with Crippen molar-refractivity contribution in [2.45, 2.75) is 6.92 Å². The lowest BCUT2D eigenvalue weighted by Crippen LogP contribution is -2.20. The fraction of sp³-hybridized carbons (Fsp3) is 0.143. The number of amides is 1. The van der Waals surface area contributed by atoms with Crippen molar-refractivity contribution in [2.24, 2.45) is 0 Å². The zero-order chi connectivity index (χ0) is 14.5. The molecule has 1 aromatic heterocycles. The maximum Gasteiger partial charge on any atom is 0.263 e. The lowest BCUT2D eigenvalue weighted by Gasteiger charge is -2.07. The molecule has 20 heavy (non-hydrogen) atoms. The first-order valence-electron chi connectivity index (χ1n) is 5.84. The number of carbonyl (C=O) groups is 1. The summed E-state index contributed by atoms with van der Waals surface area (Å²) in [5.41, 5.74) is 0.967. The molecule has 0 fully saturated rings. The van der Waals surface area contributed by atoms with Crippen molar-refractivity contribution >= 4 is 11.7 Å². The molecule has 1 aromatic carbocycles. The van der Waals surface area contributed by atoms with Crippen molar-refractivity contribution in [1.29, 1.82) is 0 Å². The Hall–Kier alpha value is -2.50. The number of benzene rings is 1. The third-order valence-corrected chi connectivity index (χ3v) is 2.38. The zero-order valence-electron chi connectivity index (χ0n) is 10.7. The van der Waals surface area contributed by atoms with Crippen molar-refractivity contribution in [3.05, 3.63) is 53.7 Å². The van der Waals surface area contributed by atoms with Crippen LogP contribution in [0.25, 0.3) is 0 Å². The smallest absolute Gasteiger partial charge is 0.263 e. The minimum atomic E-state index is -0.763. The molecule has 0 spiro atoms. The highest BCUT2D eigenvalue weighted by Crippen LogP contribution is 2.15. The van der Waals surface area contributed by atoms with Crippen molar-refractivity contribution in [3.63, 3.8) is 0 Å². The standard InChI is InChI=1S/C14H12F2N2O2/c1-9-2-3-13(17-7-9)18-14(19)8-20-12-5-10(15)4-11(16)6-12/h2-7H,8H2,1H3,(H,17,18,19). The predicted molar refractivity (Wildman–Crippen MR) is 69.5 cm³/mol. The Kier molecular flexibility index (Phi) is 4.24. The number of anilines is 1. The third kappa shape index (κ3) is 4.01. The first-order chi connectivity index (χ1) is 9.52. The number of pyridine rings is 1. The van der Waals surface area contributed by atoms with E-state index in [1.54, 1.807) is 18.3 Å². The second kappa shape index (κ2) is 6.10. The number of nitrogens with one attached hydrogen (secondary N) is 1. The van der Waals surface area contributed by atoms with Gasteiger partial charge in [0.25, 0.3) is 5.91 Å². The summed E-state index contributed by atoms with van der Waals surface area (Å²) in [7, 11) is 0. The molecule has 0 saturated heterocycles. The maximum atomic E-state index is 12.9. The van der Waals surface area contributed by atoms with E-state index in [1.165, 1.54) is 0 Å². The van der Waals surface area contributed by atoms with Gasteiger partial charge in [-0.1, -0.05) is 6.07 Å². The van der Waals surface area contributed by atoms with Gasteiger partial charge in [0.05, 0.1) is 0 Å². The topological polar surface area (TPSA) is 51.2 Å². The van der Waals surface area contributed by atoms with Gasteiger partial charge in [0.1, 0.15) is 23.2 Å². The molecule has 4 nitrogen and oxygen atoms in total. The van der Waals surface area contributed by atoms with Gasteiger partial charge in [0, 0.05) is 24.4 Å². The van der Waals surface area contributed by atoms with Crippen LogP contribution >= 0.6 is 0 Å². The Labute approximate surface area is 114 Å². The molecule has 2 rings (SSSR count). The summed E-state index contributed by atoms with van der Waals surface area (Å²) in [5, 5.41) is 2.51. The molecule has 1 heterocycles. The van der Waals surface area contributed by atoms with E-state index >= 15 is 0 Å². The fourth-order valence-electron chi connectivity index (χ4n) is 1.48. The molecule has 104 valence electrons. The van der Waals surface area contributed by atoms with Gasteiger partial charge in [-0.2, -0.15) is 0 Å². The van der Waals surface area contributed by atoms with Gasteiger partial charge < -0.3 is 10.1 Å². The summed E-state index contributed by atoms with van der Waals surface area (Å²) >= 11 is 0. The number of nitrogens with zero attached hydrogens (tertiary/aromatic N) is 1. The minimum Gasteiger partial charge on any atom is -0.484 e. The van der Waals surface area contributed by atoms with E-state index in [1.807, 2.05) is 6.92 Å². The fourth-order valence-corrected chi connectivity index (χ4v) is 1.48. The summed E-state index contributed by atoms with van der Waals surface area (Å²) in [5.74, 6) is -1.66. The Bertz CT molecular complexity index is 595.